The minimum atomic E-state index is -3.77. The minimum Gasteiger partial charge on any atom is -0.452 e. The Labute approximate surface area is 179 Å². The van der Waals surface area contributed by atoms with E-state index in [0.29, 0.717) is 29.5 Å². The quantitative estimate of drug-likeness (QED) is 0.675. The summed E-state index contributed by atoms with van der Waals surface area (Å²) >= 11 is 5.86. The Bertz CT molecular complexity index is 1050. The zero-order valence-electron chi connectivity index (χ0n) is 16.3. The van der Waals surface area contributed by atoms with E-state index < -0.39 is 28.5 Å². The average molecular weight is 453 g/mol. The van der Waals surface area contributed by atoms with Gasteiger partial charge in [0, 0.05) is 23.8 Å². The molecule has 8 nitrogen and oxygen atoms in total. The Hall–Kier alpha value is -2.46. The molecule has 3 rings (SSSR count). The first kappa shape index (κ1) is 22.2. The fraction of sp³-hybridized carbons (Fsp3) is 0.300. The summed E-state index contributed by atoms with van der Waals surface area (Å²) in [5, 5.41) is 3.02. The Balaban J connectivity index is 1.67. The molecule has 0 unspecified atom stereocenters. The monoisotopic (exact) mass is 452 g/mol. The van der Waals surface area contributed by atoms with E-state index in [0.717, 1.165) is 0 Å². The van der Waals surface area contributed by atoms with Gasteiger partial charge in [-0.1, -0.05) is 23.7 Å². The topological polar surface area (TPSA) is 102 Å². The average Bonchev–Trinajstić information content (AvgIpc) is 2.73. The van der Waals surface area contributed by atoms with E-state index in [9.17, 15) is 18.0 Å². The largest absolute Gasteiger partial charge is 0.452 e. The number of ether oxygens (including phenoxy) is 2. The third-order valence-corrected chi connectivity index (χ3v) is 6.73. The number of nitrogens with one attached hydrogen (secondary N) is 1. The molecule has 1 fully saturated rings. The molecule has 0 aromatic heterocycles. The molecule has 1 saturated heterocycles. The number of nitrogens with zero attached hydrogens (tertiary/aromatic N) is 1. The van der Waals surface area contributed by atoms with Crippen molar-refractivity contribution in [3.63, 3.8) is 0 Å². The smallest absolute Gasteiger partial charge is 0.338 e. The van der Waals surface area contributed by atoms with Gasteiger partial charge in [0.1, 0.15) is 0 Å². The molecule has 0 atom stereocenters. The van der Waals surface area contributed by atoms with Crippen molar-refractivity contribution >= 4 is 39.2 Å². The Kier molecular flexibility index (Phi) is 7.09. The molecular formula is C20H21ClN2O6S. The lowest BCUT2D eigenvalue weighted by Gasteiger charge is -2.26. The number of sulfonamides is 1. The number of carbonyl (C=O) groups is 2. The van der Waals surface area contributed by atoms with Gasteiger partial charge in [-0.15, -0.1) is 0 Å². The van der Waals surface area contributed by atoms with E-state index >= 15 is 0 Å². The normalized spacial score (nSPS) is 14.9. The molecule has 0 radical (unpaired) electrons. The summed E-state index contributed by atoms with van der Waals surface area (Å²) in [5.41, 5.74) is 1.03. The van der Waals surface area contributed by atoms with Crippen LogP contribution in [-0.4, -0.2) is 57.5 Å². The molecule has 1 amide bonds. The van der Waals surface area contributed by atoms with Crippen LogP contribution in [-0.2, 0) is 24.3 Å². The van der Waals surface area contributed by atoms with Gasteiger partial charge in [0.05, 0.1) is 23.7 Å². The second-order valence-corrected chi connectivity index (χ2v) is 8.97. The second kappa shape index (κ2) is 9.57. The number of morpholine rings is 1. The number of aryl methyl sites for hydroxylation is 1. The molecule has 2 aromatic rings. The molecule has 0 saturated carbocycles. The molecule has 0 aliphatic carbocycles. The number of benzene rings is 2. The fourth-order valence-corrected chi connectivity index (χ4v) is 4.76. The van der Waals surface area contributed by atoms with Gasteiger partial charge in [-0.05, 0) is 42.8 Å². The fourth-order valence-electron chi connectivity index (χ4n) is 2.91. The molecule has 2 aromatic carbocycles. The van der Waals surface area contributed by atoms with Gasteiger partial charge in [-0.3, -0.25) is 4.79 Å². The number of amides is 1. The van der Waals surface area contributed by atoms with Gasteiger partial charge in [0.15, 0.2) is 6.61 Å². The van der Waals surface area contributed by atoms with Crippen LogP contribution >= 0.6 is 11.6 Å². The highest BCUT2D eigenvalue weighted by Gasteiger charge is 2.28. The van der Waals surface area contributed by atoms with Crippen molar-refractivity contribution in [2.75, 3.05) is 38.2 Å². The van der Waals surface area contributed by atoms with E-state index in [1.54, 1.807) is 31.2 Å². The Morgan fingerprint density at radius 2 is 1.90 bits per heavy atom. The van der Waals surface area contributed by atoms with Crippen LogP contribution in [0.1, 0.15) is 15.9 Å². The van der Waals surface area contributed by atoms with E-state index in [4.69, 9.17) is 21.1 Å². The summed E-state index contributed by atoms with van der Waals surface area (Å²) in [6.07, 6.45) is 0. The molecule has 1 N–H and O–H groups in total. The summed E-state index contributed by atoms with van der Waals surface area (Å²) < 4.78 is 37.4. The lowest BCUT2D eigenvalue weighted by Crippen LogP contribution is -2.40. The zero-order chi connectivity index (χ0) is 21.7. The Morgan fingerprint density at radius 3 is 2.60 bits per heavy atom. The third kappa shape index (κ3) is 5.37. The van der Waals surface area contributed by atoms with Gasteiger partial charge in [-0.25, -0.2) is 13.2 Å². The first-order valence-electron chi connectivity index (χ1n) is 9.18. The minimum absolute atomic E-state index is 0.0298. The van der Waals surface area contributed by atoms with Crippen LogP contribution in [0.5, 0.6) is 0 Å². The van der Waals surface area contributed by atoms with E-state index in [1.807, 2.05) is 0 Å². The standard InChI is InChI=1S/C20H21ClN2O6S/c1-14-5-6-15(11-18(14)30(26,27)23-7-9-28-10-8-23)20(25)29-13-19(24)22-17-4-2-3-16(21)12-17/h2-6,11-12H,7-10,13H2,1H3,(H,22,24). The number of halogens is 1. The highest BCUT2D eigenvalue weighted by atomic mass is 35.5. The van der Waals surface area contributed by atoms with Crippen LogP contribution in [0.4, 0.5) is 5.69 Å². The number of hydrogen-bond donors (Lipinski definition) is 1. The van der Waals surface area contributed by atoms with Crippen molar-refractivity contribution in [1.82, 2.24) is 4.31 Å². The predicted octanol–water partition coefficient (Wildman–Crippen LogP) is 2.46. The molecule has 160 valence electrons. The molecular weight excluding hydrogens is 432 g/mol. The lowest BCUT2D eigenvalue weighted by molar-refractivity contribution is -0.119. The predicted molar refractivity (Wildman–Crippen MR) is 111 cm³/mol. The summed E-state index contributed by atoms with van der Waals surface area (Å²) in [4.78, 5) is 24.4. The first-order valence-corrected chi connectivity index (χ1v) is 11.0. The highest BCUT2D eigenvalue weighted by Crippen LogP contribution is 2.23. The Morgan fingerprint density at radius 1 is 1.17 bits per heavy atom. The lowest BCUT2D eigenvalue weighted by atomic mass is 10.1. The summed E-state index contributed by atoms with van der Waals surface area (Å²) in [6, 6.07) is 10.8. The van der Waals surface area contributed by atoms with Gasteiger partial charge in [0.25, 0.3) is 5.91 Å². The first-order chi connectivity index (χ1) is 14.3. The number of carbonyl (C=O) groups excluding carboxylic acids is 2. The maximum absolute atomic E-state index is 12.9. The van der Waals surface area contributed by atoms with E-state index in [2.05, 4.69) is 5.32 Å². The summed E-state index contributed by atoms with van der Waals surface area (Å²) in [6.45, 7) is 2.27. The summed E-state index contributed by atoms with van der Waals surface area (Å²) in [7, 11) is -3.77. The van der Waals surface area contributed by atoms with Crippen molar-refractivity contribution in [2.45, 2.75) is 11.8 Å². The van der Waals surface area contributed by atoms with Crippen molar-refractivity contribution in [2.24, 2.45) is 0 Å². The van der Waals surface area contributed by atoms with Crippen molar-refractivity contribution in [3.8, 4) is 0 Å². The molecule has 1 heterocycles. The number of hydrogen-bond acceptors (Lipinski definition) is 6. The van der Waals surface area contributed by atoms with Crippen LogP contribution in [0.25, 0.3) is 0 Å². The van der Waals surface area contributed by atoms with Crippen LogP contribution < -0.4 is 5.32 Å². The molecule has 1 aliphatic heterocycles. The highest BCUT2D eigenvalue weighted by molar-refractivity contribution is 7.89. The van der Waals surface area contributed by atoms with E-state index in [1.165, 1.54) is 22.5 Å². The number of rotatable bonds is 6. The van der Waals surface area contributed by atoms with Crippen LogP contribution in [0.15, 0.2) is 47.4 Å². The van der Waals surface area contributed by atoms with Crippen molar-refractivity contribution in [3.05, 3.63) is 58.6 Å². The SMILES string of the molecule is Cc1ccc(C(=O)OCC(=O)Nc2cccc(Cl)c2)cc1S(=O)(=O)N1CCOCC1. The molecule has 0 spiro atoms. The van der Waals surface area contributed by atoms with E-state index in [-0.39, 0.29) is 23.5 Å². The molecule has 30 heavy (non-hydrogen) atoms. The zero-order valence-corrected chi connectivity index (χ0v) is 17.8. The van der Waals surface area contributed by atoms with Crippen LogP contribution in [0.2, 0.25) is 5.02 Å². The second-order valence-electron chi connectivity index (χ2n) is 6.63. The van der Waals surface area contributed by atoms with Crippen molar-refractivity contribution < 1.29 is 27.5 Å². The maximum Gasteiger partial charge on any atom is 0.338 e. The van der Waals surface area contributed by atoms with Gasteiger partial charge in [0.2, 0.25) is 10.0 Å². The van der Waals surface area contributed by atoms with Gasteiger partial charge < -0.3 is 14.8 Å². The number of esters is 1. The number of anilines is 1. The van der Waals surface area contributed by atoms with Gasteiger partial charge >= 0.3 is 5.97 Å². The maximum atomic E-state index is 12.9. The third-order valence-electron chi connectivity index (χ3n) is 4.45. The van der Waals surface area contributed by atoms with Gasteiger partial charge in [-0.2, -0.15) is 4.31 Å². The molecule has 1 aliphatic rings. The molecule has 10 heteroatoms. The van der Waals surface area contributed by atoms with Crippen molar-refractivity contribution in [1.29, 1.82) is 0 Å². The van der Waals surface area contributed by atoms with Crippen LogP contribution in [0, 0.1) is 6.92 Å². The van der Waals surface area contributed by atoms with Crippen LogP contribution in [0.3, 0.4) is 0 Å². The summed E-state index contributed by atoms with van der Waals surface area (Å²) in [5.74, 6) is -1.34. The molecule has 0 bridgehead atoms.